The van der Waals surface area contributed by atoms with Gasteiger partial charge in [-0.15, -0.1) is 0 Å². The summed E-state index contributed by atoms with van der Waals surface area (Å²) in [5, 5.41) is 3.92. The minimum atomic E-state index is -0.0159. The molecule has 1 aromatic heterocycles. The highest BCUT2D eigenvalue weighted by molar-refractivity contribution is 6.32. The Morgan fingerprint density at radius 2 is 2.20 bits per heavy atom. The van der Waals surface area contributed by atoms with E-state index in [-0.39, 0.29) is 5.54 Å². The molecule has 0 atom stereocenters. The van der Waals surface area contributed by atoms with Gasteiger partial charge in [-0.05, 0) is 12.8 Å². The zero-order valence-electron chi connectivity index (χ0n) is 8.54. The minimum absolute atomic E-state index is 0.0159. The molecule has 15 heavy (non-hydrogen) atoms. The summed E-state index contributed by atoms with van der Waals surface area (Å²) < 4.78 is 0. The van der Waals surface area contributed by atoms with E-state index in [4.69, 9.17) is 17.3 Å². The number of aromatic nitrogens is 2. The Kier molecular flexibility index (Phi) is 3.07. The molecule has 0 spiro atoms. The zero-order chi connectivity index (χ0) is 10.7. The fourth-order valence-corrected chi connectivity index (χ4v) is 2.24. The molecule has 2 rings (SSSR count). The van der Waals surface area contributed by atoms with E-state index < -0.39 is 0 Å². The molecule has 0 bridgehead atoms. The van der Waals surface area contributed by atoms with Crippen LogP contribution in [0.3, 0.4) is 0 Å². The third-order valence-electron chi connectivity index (χ3n) is 3.00. The predicted octanol–water partition coefficient (Wildman–Crippen LogP) is 1.81. The van der Waals surface area contributed by atoms with Gasteiger partial charge in [0.2, 0.25) is 0 Å². The summed E-state index contributed by atoms with van der Waals surface area (Å²) in [6, 6.07) is 0. The molecule has 0 saturated heterocycles. The fraction of sp³-hybridized carbons (Fsp3) is 0.600. The van der Waals surface area contributed by atoms with Gasteiger partial charge in [-0.3, -0.25) is 0 Å². The van der Waals surface area contributed by atoms with E-state index in [1.807, 2.05) is 0 Å². The van der Waals surface area contributed by atoms with Gasteiger partial charge in [0, 0.05) is 6.54 Å². The van der Waals surface area contributed by atoms with Crippen molar-refractivity contribution >= 4 is 17.4 Å². The largest absolute Gasteiger partial charge is 0.362 e. The SMILES string of the molecule is NCC1(Nc2ncncc2Cl)CCCC1. The van der Waals surface area contributed by atoms with Crippen LogP contribution in [0.2, 0.25) is 5.02 Å². The molecule has 3 N–H and O–H groups in total. The average Bonchev–Trinajstić information content (AvgIpc) is 2.71. The van der Waals surface area contributed by atoms with Gasteiger partial charge >= 0.3 is 0 Å². The molecule has 1 aliphatic carbocycles. The number of nitrogens with one attached hydrogen (secondary N) is 1. The summed E-state index contributed by atoms with van der Waals surface area (Å²) in [5.41, 5.74) is 5.80. The maximum absolute atomic E-state index is 5.99. The summed E-state index contributed by atoms with van der Waals surface area (Å²) in [6.07, 6.45) is 7.69. The van der Waals surface area contributed by atoms with E-state index in [1.165, 1.54) is 19.2 Å². The maximum Gasteiger partial charge on any atom is 0.148 e. The summed E-state index contributed by atoms with van der Waals surface area (Å²) >= 11 is 5.99. The fourth-order valence-electron chi connectivity index (χ4n) is 2.09. The number of halogens is 1. The van der Waals surface area contributed by atoms with Gasteiger partial charge in [0.1, 0.15) is 17.2 Å². The molecule has 1 saturated carbocycles. The lowest BCUT2D eigenvalue weighted by atomic mass is 9.98. The van der Waals surface area contributed by atoms with Gasteiger partial charge < -0.3 is 11.1 Å². The number of nitrogens with two attached hydrogens (primary N) is 1. The second-order valence-corrected chi connectivity index (χ2v) is 4.44. The van der Waals surface area contributed by atoms with Gasteiger partial charge in [-0.1, -0.05) is 24.4 Å². The van der Waals surface area contributed by atoms with Crippen LogP contribution in [-0.2, 0) is 0 Å². The number of rotatable bonds is 3. The lowest BCUT2D eigenvalue weighted by Gasteiger charge is -2.29. The second-order valence-electron chi connectivity index (χ2n) is 4.04. The Hall–Kier alpha value is -0.870. The zero-order valence-corrected chi connectivity index (χ0v) is 9.30. The quantitative estimate of drug-likeness (QED) is 0.825. The van der Waals surface area contributed by atoms with E-state index in [9.17, 15) is 0 Å². The van der Waals surface area contributed by atoms with Crippen molar-refractivity contribution in [1.29, 1.82) is 0 Å². The van der Waals surface area contributed by atoms with Gasteiger partial charge in [0.15, 0.2) is 0 Å². The summed E-state index contributed by atoms with van der Waals surface area (Å²) in [5.74, 6) is 0.694. The van der Waals surface area contributed by atoms with Crippen molar-refractivity contribution in [1.82, 2.24) is 9.97 Å². The lowest BCUT2D eigenvalue weighted by molar-refractivity contribution is 0.491. The molecule has 1 fully saturated rings. The minimum Gasteiger partial charge on any atom is -0.362 e. The molecule has 0 amide bonds. The van der Waals surface area contributed by atoms with Crippen LogP contribution in [0.4, 0.5) is 5.82 Å². The van der Waals surface area contributed by atoms with Crippen molar-refractivity contribution in [2.24, 2.45) is 5.73 Å². The predicted molar refractivity (Wildman–Crippen MR) is 60.9 cm³/mol. The Balaban J connectivity index is 2.16. The van der Waals surface area contributed by atoms with Crippen molar-refractivity contribution in [2.75, 3.05) is 11.9 Å². The number of anilines is 1. The van der Waals surface area contributed by atoms with Crippen molar-refractivity contribution < 1.29 is 0 Å². The lowest BCUT2D eigenvalue weighted by Crippen LogP contribution is -2.43. The molecule has 0 unspecified atom stereocenters. The standard InChI is InChI=1S/C10H15ClN4/c11-8-5-13-7-14-9(8)15-10(6-12)3-1-2-4-10/h5,7H,1-4,6,12H2,(H,13,14,15). The average molecular weight is 227 g/mol. The third kappa shape index (κ3) is 2.21. The number of nitrogens with zero attached hydrogens (tertiary/aromatic N) is 2. The highest BCUT2D eigenvalue weighted by atomic mass is 35.5. The number of hydrogen-bond donors (Lipinski definition) is 2. The van der Waals surface area contributed by atoms with Gasteiger partial charge in [-0.2, -0.15) is 0 Å². The number of hydrogen-bond acceptors (Lipinski definition) is 4. The van der Waals surface area contributed by atoms with Crippen molar-refractivity contribution in [3.05, 3.63) is 17.5 Å². The Morgan fingerprint density at radius 3 is 2.80 bits per heavy atom. The van der Waals surface area contributed by atoms with Crippen molar-refractivity contribution in [2.45, 2.75) is 31.2 Å². The topological polar surface area (TPSA) is 63.8 Å². The molecule has 1 heterocycles. The van der Waals surface area contributed by atoms with Crippen LogP contribution in [0.15, 0.2) is 12.5 Å². The van der Waals surface area contributed by atoms with Crippen LogP contribution in [-0.4, -0.2) is 22.1 Å². The van der Waals surface area contributed by atoms with Crippen LogP contribution in [0, 0.1) is 0 Å². The van der Waals surface area contributed by atoms with E-state index in [2.05, 4.69) is 15.3 Å². The monoisotopic (exact) mass is 226 g/mol. The first-order valence-electron chi connectivity index (χ1n) is 5.19. The van der Waals surface area contributed by atoms with Crippen molar-refractivity contribution in [3.8, 4) is 0 Å². The first kappa shape index (κ1) is 10.6. The first-order chi connectivity index (χ1) is 7.26. The van der Waals surface area contributed by atoms with Crippen LogP contribution >= 0.6 is 11.6 Å². The highest BCUT2D eigenvalue weighted by Gasteiger charge is 2.32. The molecule has 0 radical (unpaired) electrons. The van der Waals surface area contributed by atoms with Crippen LogP contribution in [0.1, 0.15) is 25.7 Å². The maximum atomic E-state index is 5.99. The van der Waals surface area contributed by atoms with Gasteiger partial charge in [-0.25, -0.2) is 9.97 Å². The smallest absolute Gasteiger partial charge is 0.148 e. The third-order valence-corrected chi connectivity index (χ3v) is 3.28. The molecule has 4 nitrogen and oxygen atoms in total. The van der Waals surface area contributed by atoms with Gasteiger partial charge in [0.05, 0.1) is 11.7 Å². The molecule has 0 aliphatic heterocycles. The molecule has 1 aliphatic rings. The van der Waals surface area contributed by atoms with Crippen molar-refractivity contribution in [3.63, 3.8) is 0 Å². The Labute approximate surface area is 94.2 Å². The van der Waals surface area contributed by atoms with Crippen LogP contribution < -0.4 is 11.1 Å². The first-order valence-corrected chi connectivity index (χ1v) is 5.57. The second kappa shape index (κ2) is 4.33. The summed E-state index contributed by atoms with van der Waals surface area (Å²) in [6.45, 7) is 0.618. The molecule has 0 aromatic carbocycles. The Morgan fingerprint density at radius 1 is 1.47 bits per heavy atom. The summed E-state index contributed by atoms with van der Waals surface area (Å²) in [7, 11) is 0. The van der Waals surface area contributed by atoms with E-state index in [1.54, 1.807) is 6.20 Å². The van der Waals surface area contributed by atoms with Gasteiger partial charge in [0.25, 0.3) is 0 Å². The molecule has 5 heteroatoms. The van der Waals surface area contributed by atoms with E-state index in [0.717, 1.165) is 12.8 Å². The highest BCUT2D eigenvalue weighted by Crippen LogP contribution is 2.33. The van der Waals surface area contributed by atoms with E-state index in [0.29, 0.717) is 17.4 Å². The molecular weight excluding hydrogens is 212 g/mol. The van der Waals surface area contributed by atoms with Crippen LogP contribution in [0.25, 0.3) is 0 Å². The molecule has 82 valence electrons. The normalized spacial score (nSPS) is 19.1. The summed E-state index contributed by atoms with van der Waals surface area (Å²) in [4.78, 5) is 7.98. The molecular formula is C10H15ClN4. The van der Waals surface area contributed by atoms with Crippen LogP contribution in [0.5, 0.6) is 0 Å². The van der Waals surface area contributed by atoms with E-state index >= 15 is 0 Å². The Bertz CT molecular complexity index is 336. The molecule has 1 aromatic rings.